The zero-order valence-corrected chi connectivity index (χ0v) is 9.68. The molecule has 102 valence electrons. The molecule has 0 N–H and O–H groups in total. The smallest absolute Gasteiger partial charge is 0.466 e. The summed E-state index contributed by atoms with van der Waals surface area (Å²) < 4.78 is 75.5. The zero-order valence-electron chi connectivity index (χ0n) is 8.86. The third kappa shape index (κ3) is 2.63. The van der Waals surface area contributed by atoms with Crippen LogP contribution in [0, 0.1) is 0 Å². The van der Waals surface area contributed by atoms with Gasteiger partial charge in [-0.25, -0.2) is 13.5 Å². The Balaban J connectivity index is 3.21. The third-order valence-corrected chi connectivity index (χ3v) is 3.28. The number of halogens is 4. The number of methoxy groups -OCH3 is 1. The van der Waals surface area contributed by atoms with E-state index < -0.39 is 43.6 Å². The molecule has 0 aromatic carbocycles. The topological polar surface area (TPSA) is 63.7 Å². The fourth-order valence-corrected chi connectivity index (χ4v) is 1.87. The van der Waals surface area contributed by atoms with Gasteiger partial charge in [0, 0.05) is 12.6 Å². The number of ether oxygens (including phenoxy) is 1. The molecule has 0 aromatic heterocycles. The summed E-state index contributed by atoms with van der Waals surface area (Å²) in [7, 11) is -4.84. The van der Waals surface area contributed by atoms with E-state index in [-0.39, 0.29) is 6.20 Å². The summed E-state index contributed by atoms with van der Waals surface area (Å²) in [6.45, 7) is 0. The van der Waals surface area contributed by atoms with Crippen molar-refractivity contribution in [3.63, 3.8) is 0 Å². The maximum atomic E-state index is 13.0. The average molecular weight is 289 g/mol. The molecule has 0 aromatic rings. The Bertz CT molecular complexity index is 520. The van der Waals surface area contributed by atoms with Gasteiger partial charge in [0.1, 0.15) is 5.83 Å². The number of sulfonamides is 1. The number of rotatable bonds is 2. The quantitative estimate of drug-likeness (QED) is 0.569. The van der Waals surface area contributed by atoms with Crippen LogP contribution in [0.3, 0.4) is 0 Å². The first-order valence-electron chi connectivity index (χ1n) is 4.34. The van der Waals surface area contributed by atoms with Crippen LogP contribution in [0.15, 0.2) is 23.8 Å². The van der Waals surface area contributed by atoms with E-state index in [9.17, 15) is 30.8 Å². The van der Waals surface area contributed by atoms with E-state index in [2.05, 4.69) is 4.74 Å². The molecular weight excluding hydrogens is 282 g/mol. The van der Waals surface area contributed by atoms with Gasteiger partial charge in [-0.15, -0.1) is 0 Å². The van der Waals surface area contributed by atoms with Gasteiger partial charge in [-0.1, -0.05) is 0 Å². The van der Waals surface area contributed by atoms with Crippen LogP contribution in [0.25, 0.3) is 0 Å². The Kier molecular flexibility index (Phi) is 3.70. The van der Waals surface area contributed by atoms with Crippen molar-refractivity contribution in [1.82, 2.24) is 4.31 Å². The molecule has 0 spiro atoms. The van der Waals surface area contributed by atoms with Gasteiger partial charge >= 0.3 is 21.5 Å². The highest BCUT2D eigenvalue weighted by Crippen LogP contribution is 2.31. The van der Waals surface area contributed by atoms with E-state index in [1.54, 1.807) is 0 Å². The molecule has 1 heterocycles. The van der Waals surface area contributed by atoms with Crippen molar-refractivity contribution in [2.24, 2.45) is 0 Å². The highest BCUT2D eigenvalue weighted by atomic mass is 32.2. The monoisotopic (exact) mass is 289 g/mol. The minimum atomic E-state index is -5.77. The third-order valence-electron chi connectivity index (χ3n) is 1.93. The molecule has 1 rings (SSSR count). The molecule has 1 aliphatic rings. The number of carbonyl (C=O) groups is 1. The van der Waals surface area contributed by atoms with Crippen LogP contribution in [0.5, 0.6) is 0 Å². The number of alkyl halides is 3. The van der Waals surface area contributed by atoms with E-state index in [1.807, 2.05) is 0 Å². The zero-order chi connectivity index (χ0) is 14.1. The summed E-state index contributed by atoms with van der Waals surface area (Å²) in [6.07, 6.45) is -0.108. The summed E-state index contributed by atoms with van der Waals surface area (Å²) in [5.41, 5.74) is -6.14. The molecule has 0 amide bonds. The predicted molar refractivity (Wildman–Crippen MR) is 50.7 cm³/mol. The minimum absolute atomic E-state index is 0.148. The maximum Gasteiger partial charge on any atom is 0.517 e. The standard InChI is InChI=1S/C8H7F4NO4S/c1-17-7(14)5-2-6(9)4-13(3-5)18(15,16)8(10,11)12/h3-4H,2H2,1H3. The molecule has 0 atom stereocenters. The van der Waals surface area contributed by atoms with Gasteiger partial charge in [-0.3, -0.25) is 0 Å². The van der Waals surface area contributed by atoms with E-state index in [4.69, 9.17) is 0 Å². The van der Waals surface area contributed by atoms with Gasteiger partial charge in [-0.05, 0) is 0 Å². The van der Waals surface area contributed by atoms with Crippen LogP contribution in [0.2, 0.25) is 0 Å². The van der Waals surface area contributed by atoms with E-state index in [0.717, 1.165) is 7.11 Å². The van der Waals surface area contributed by atoms with E-state index in [0.29, 0.717) is 6.20 Å². The lowest BCUT2D eigenvalue weighted by Crippen LogP contribution is -2.36. The maximum absolute atomic E-state index is 13.0. The predicted octanol–water partition coefficient (Wildman–Crippen LogP) is 1.41. The number of allylic oxidation sites excluding steroid dienone is 1. The summed E-state index contributed by atoms with van der Waals surface area (Å²) in [4.78, 5) is 11.0. The SMILES string of the molecule is COC(=O)C1=CN(S(=O)(=O)C(F)(F)F)C=C(F)C1. The number of nitrogens with zero attached hydrogens (tertiary/aromatic N) is 1. The van der Waals surface area contributed by atoms with E-state index in [1.165, 1.54) is 0 Å². The normalized spacial score (nSPS) is 17.1. The van der Waals surface area contributed by atoms with Crippen LogP contribution in [-0.2, 0) is 19.6 Å². The molecular formula is C8H7F4NO4S. The van der Waals surface area contributed by atoms with Crippen molar-refractivity contribution in [3.8, 4) is 0 Å². The Morgan fingerprint density at radius 2 is 1.94 bits per heavy atom. The Morgan fingerprint density at radius 1 is 1.39 bits per heavy atom. The van der Waals surface area contributed by atoms with Crippen LogP contribution in [0.4, 0.5) is 17.6 Å². The number of esters is 1. The summed E-state index contributed by atoms with van der Waals surface area (Å²) in [6, 6.07) is 0. The molecule has 0 aliphatic carbocycles. The van der Waals surface area contributed by atoms with Crippen LogP contribution < -0.4 is 0 Å². The molecule has 0 fully saturated rings. The largest absolute Gasteiger partial charge is 0.517 e. The van der Waals surface area contributed by atoms with Crippen molar-refractivity contribution in [2.75, 3.05) is 7.11 Å². The van der Waals surface area contributed by atoms with Crippen molar-refractivity contribution < 1.29 is 35.5 Å². The number of carbonyl (C=O) groups excluding carboxylic acids is 1. The fourth-order valence-electron chi connectivity index (χ4n) is 1.12. The summed E-state index contributed by atoms with van der Waals surface area (Å²) >= 11 is 0. The van der Waals surface area contributed by atoms with Crippen molar-refractivity contribution in [3.05, 3.63) is 23.8 Å². The molecule has 1 aliphatic heterocycles. The van der Waals surface area contributed by atoms with Gasteiger partial charge in [0.15, 0.2) is 0 Å². The molecule has 0 unspecified atom stereocenters. The first-order valence-corrected chi connectivity index (χ1v) is 5.78. The second-order valence-electron chi connectivity index (χ2n) is 3.18. The Morgan fingerprint density at radius 3 is 2.39 bits per heavy atom. The van der Waals surface area contributed by atoms with Crippen molar-refractivity contribution >= 4 is 16.0 Å². The first kappa shape index (κ1) is 14.5. The average Bonchev–Trinajstić information content (AvgIpc) is 2.25. The van der Waals surface area contributed by atoms with Gasteiger partial charge in [0.25, 0.3) is 0 Å². The highest BCUT2D eigenvalue weighted by molar-refractivity contribution is 7.90. The van der Waals surface area contributed by atoms with Crippen molar-refractivity contribution in [1.29, 1.82) is 0 Å². The van der Waals surface area contributed by atoms with Gasteiger partial charge < -0.3 is 4.74 Å². The number of hydrogen-bond acceptors (Lipinski definition) is 4. The Labute approximate surface area is 99.4 Å². The lowest BCUT2D eigenvalue weighted by Gasteiger charge is -2.22. The molecule has 0 radical (unpaired) electrons. The molecule has 18 heavy (non-hydrogen) atoms. The van der Waals surface area contributed by atoms with Crippen LogP contribution in [-0.4, -0.2) is 31.3 Å². The molecule has 0 saturated heterocycles. The minimum Gasteiger partial charge on any atom is -0.466 e. The number of hydrogen-bond donors (Lipinski definition) is 0. The molecule has 0 saturated carbocycles. The summed E-state index contributed by atoms with van der Waals surface area (Å²) in [5.74, 6) is -2.31. The highest BCUT2D eigenvalue weighted by Gasteiger charge is 2.49. The van der Waals surface area contributed by atoms with Gasteiger partial charge in [0.05, 0.1) is 18.9 Å². The molecule has 0 bridgehead atoms. The second-order valence-corrected chi connectivity index (χ2v) is 5.01. The molecule has 5 nitrogen and oxygen atoms in total. The van der Waals surface area contributed by atoms with E-state index >= 15 is 0 Å². The van der Waals surface area contributed by atoms with Gasteiger partial charge in [0.2, 0.25) is 0 Å². The van der Waals surface area contributed by atoms with Crippen molar-refractivity contribution in [2.45, 2.75) is 11.9 Å². The molecule has 10 heteroatoms. The Hall–Kier alpha value is -1.58. The second kappa shape index (κ2) is 4.59. The lowest BCUT2D eigenvalue weighted by molar-refractivity contribution is -0.136. The van der Waals surface area contributed by atoms with Gasteiger partial charge in [-0.2, -0.15) is 21.6 Å². The van der Waals surface area contributed by atoms with Crippen LogP contribution >= 0.6 is 0 Å². The van der Waals surface area contributed by atoms with Crippen LogP contribution in [0.1, 0.15) is 6.42 Å². The fraction of sp³-hybridized carbons (Fsp3) is 0.375. The summed E-state index contributed by atoms with van der Waals surface area (Å²) in [5, 5.41) is 0. The lowest BCUT2D eigenvalue weighted by atomic mass is 10.1. The first-order chi connectivity index (χ1) is 8.09.